The number of nitrogens with one attached hydrogen (secondary N) is 1. The lowest BCUT2D eigenvalue weighted by molar-refractivity contribution is 0.615. The molecule has 6 heteroatoms. The lowest BCUT2D eigenvalue weighted by Crippen LogP contribution is -2.16. The quantitative estimate of drug-likeness (QED) is 0.790. The first-order valence-electron chi connectivity index (χ1n) is 7.23. The SMILES string of the molecule is Cc1nc2c(n1Cc1nc3ccsc3c(=O)[nH]1)CCCC2. The normalized spacial score (nSPS) is 14.5. The highest BCUT2D eigenvalue weighted by atomic mass is 32.1. The molecule has 0 amide bonds. The van der Waals surface area contributed by atoms with Gasteiger partial charge in [0.05, 0.1) is 17.8 Å². The van der Waals surface area contributed by atoms with Gasteiger partial charge in [0.15, 0.2) is 0 Å². The van der Waals surface area contributed by atoms with Crippen molar-refractivity contribution in [1.29, 1.82) is 0 Å². The molecule has 3 heterocycles. The summed E-state index contributed by atoms with van der Waals surface area (Å²) in [4.78, 5) is 24.2. The van der Waals surface area contributed by atoms with Gasteiger partial charge in [-0.25, -0.2) is 9.97 Å². The van der Waals surface area contributed by atoms with Crippen molar-refractivity contribution in [1.82, 2.24) is 19.5 Å². The summed E-state index contributed by atoms with van der Waals surface area (Å²) >= 11 is 1.43. The van der Waals surface area contributed by atoms with Gasteiger partial charge in [0.1, 0.15) is 16.3 Å². The number of hydrogen-bond acceptors (Lipinski definition) is 4. The van der Waals surface area contributed by atoms with E-state index in [1.807, 2.05) is 18.4 Å². The van der Waals surface area contributed by atoms with Gasteiger partial charge in [-0.2, -0.15) is 0 Å². The molecule has 5 nitrogen and oxygen atoms in total. The van der Waals surface area contributed by atoms with Gasteiger partial charge in [-0.05, 0) is 44.1 Å². The van der Waals surface area contributed by atoms with E-state index in [1.54, 1.807) is 0 Å². The molecule has 0 saturated heterocycles. The van der Waals surface area contributed by atoms with Crippen molar-refractivity contribution in [2.24, 2.45) is 0 Å². The minimum atomic E-state index is -0.0448. The molecule has 0 saturated carbocycles. The molecule has 0 fully saturated rings. The molecule has 0 radical (unpaired) electrons. The Balaban J connectivity index is 1.78. The zero-order chi connectivity index (χ0) is 14.4. The minimum Gasteiger partial charge on any atom is -0.324 e. The Labute approximate surface area is 125 Å². The molecule has 0 unspecified atom stereocenters. The van der Waals surface area contributed by atoms with E-state index < -0.39 is 0 Å². The van der Waals surface area contributed by atoms with E-state index in [1.165, 1.54) is 35.6 Å². The molecule has 1 N–H and O–H groups in total. The summed E-state index contributed by atoms with van der Waals surface area (Å²) in [6.07, 6.45) is 4.57. The summed E-state index contributed by atoms with van der Waals surface area (Å²) in [7, 11) is 0. The zero-order valence-corrected chi connectivity index (χ0v) is 12.7. The molecule has 0 aliphatic heterocycles. The monoisotopic (exact) mass is 300 g/mol. The van der Waals surface area contributed by atoms with Crippen LogP contribution < -0.4 is 5.56 Å². The smallest absolute Gasteiger partial charge is 0.268 e. The van der Waals surface area contributed by atoms with Crippen LogP contribution in [0.25, 0.3) is 10.2 Å². The number of thiophene rings is 1. The summed E-state index contributed by atoms with van der Waals surface area (Å²) in [6, 6.07) is 1.90. The number of nitrogens with zero attached hydrogens (tertiary/aromatic N) is 3. The van der Waals surface area contributed by atoms with Crippen molar-refractivity contribution in [2.75, 3.05) is 0 Å². The maximum Gasteiger partial charge on any atom is 0.268 e. The minimum absolute atomic E-state index is 0.0448. The summed E-state index contributed by atoms with van der Waals surface area (Å²) < 4.78 is 2.90. The first-order chi connectivity index (χ1) is 10.2. The summed E-state index contributed by atoms with van der Waals surface area (Å²) in [5.41, 5.74) is 3.27. The van der Waals surface area contributed by atoms with E-state index >= 15 is 0 Å². The maximum absolute atomic E-state index is 12.1. The van der Waals surface area contributed by atoms with E-state index in [9.17, 15) is 4.79 Å². The van der Waals surface area contributed by atoms with Gasteiger partial charge in [-0.3, -0.25) is 4.79 Å². The molecule has 21 heavy (non-hydrogen) atoms. The second-order valence-corrected chi connectivity index (χ2v) is 6.41. The lowest BCUT2D eigenvalue weighted by Gasteiger charge is -2.14. The molecule has 4 rings (SSSR count). The zero-order valence-electron chi connectivity index (χ0n) is 11.8. The molecule has 0 spiro atoms. The topological polar surface area (TPSA) is 63.6 Å². The molecule has 1 aliphatic carbocycles. The molecule has 0 atom stereocenters. The molecule has 0 aromatic carbocycles. The van der Waals surface area contributed by atoms with Crippen LogP contribution in [-0.4, -0.2) is 19.5 Å². The first-order valence-corrected chi connectivity index (χ1v) is 8.11. The van der Waals surface area contributed by atoms with Crippen LogP contribution in [0.2, 0.25) is 0 Å². The average molecular weight is 300 g/mol. The van der Waals surface area contributed by atoms with Crippen molar-refractivity contribution in [3.05, 3.63) is 44.8 Å². The Morgan fingerprint density at radius 1 is 1.33 bits per heavy atom. The van der Waals surface area contributed by atoms with Crippen molar-refractivity contribution in [3.8, 4) is 0 Å². The first kappa shape index (κ1) is 12.8. The van der Waals surface area contributed by atoms with Crippen LogP contribution in [0.1, 0.15) is 35.9 Å². The van der Waals surface area contributed by atoms with Crippen LogP contribution in [0, 0.1) is 6.92 Å². The van der Waals surface area contributed by atoms with Crippen LogP contribution in [0.15, 0.2) is 16.2 Å². The number of hydrogen-bond donors (Lipinski definition) is 1. The van der Waals surface area contributed by atoms with Crippen LogP contribution in [0.5, 0.6) is 0 Å². The third-order valence-corrected chi connectivity index (χ3v) is 5.00. The largest absolute Gasteiger partial charge is 0.324 e. The Morgan fingerprint density at radius 2 is 2.19 bits per heavy atom. The van der Waals surface area contributed by atoms with Gasteiger partial charge in [0.25, 0.3) is 5.56 Å². The summed E-state index contributed by atoms with van der Waals surface area (Å²) in [6.45, 7) is 2.62. The van der Waals surface area contributed by atoms with Crippen molar-refractivity contribution in [2.45, 2.75) is 39.2 Å². The molecular formula is C15H16N4OS. The number of fused-ring (bicyclic) bond motifs is 2. The number of imidazole rings is 1. The van der Waals surface area contributed by atoms with Gasteiger partial charge in [0.2, 0.25) is 0 Å². The number of H-pyrrole nitrogens is 1. The summed E-state index contributed by atoms with van der Waals surface area (Å²) in [5, 5.41) is 1.90. The van der Waals surface area contributed by atoms with E-state index in [0.29, 0.717) is 17.1 Å². The van der Waals surface area contributed by atoms with E-state index in [0.717, 1.165) is 24.2 Å². The van der Waals surface area contributed by atoms with Crippen molar-refractivity contribution >= 4 is 21.6 Å². The highest BCUT2D eigenvalue weighted by Crippen LogP contribution is 2.23. The van der Waals surface area contributed by atoms with E-state index in [-0.39, 0.29) is 5.56 Å². The third-order valence-electron chi connectivity index (χ3n) is 4.10. The molecule has 0 bridgehead atoms. The van der Waals surface area contributed by atoms with Crippen molar-refractivity contribution in [3.63, 3.8) is 0 Å². The fraction of sp³-hybridized carbons (Fsp3) is 0.400. The number of aromatic nitrogens is 4. The molecule has 1 aliphatic rings. The van der Waals surface area contributed by atoms with Crippen LogP contribution in [0.4, 0.5) is 0 Å². The maximum atomic E-state index is 12.1. The van der Waals surface area contributed by atoms with Crippen molar-refractivity contribution < 1.29 is 0 Å². The van der Waals surface area contributed by atoms with Crippen LogP contribution >= 0.6 is 11.3 Å². The number of aromatic amines is 1. The molecular weight excluding hydrogens is 284 g/mol. The van der Waals surface area contributed by atoms with Gasteiger partial charge >= 0.3 is 0 Å². The number of rotatable bonds is 2. The third kappa shape index (κ3) is 2.10. The summed E-state index contributed by atoms with van der Waals surface area (Å²) in [5.74, 6) is 1.72. The average Bonchev–Trinajstić information content (AvgIpc) is 3.05. The van der Waals surface area contributed by atoms with E-state index in [2.05, 4.69) is 19.5 Å². The molecule has 108 valence electrons. The fourth-order valence-electron chi connectivity index (χ4n) is 3.09. The molecule has 3 aromatic rings. The van der Waals surface area contributed by atoms with Gasteiger partial charge in [-0.1, -0.05) is 0 Å². The van der Waals surface area contributed by atoms with E-state index in [4.69, 9.17) is 0 Å². The fourth-order valence-corrected chi connectivity index (χ4v) is 3.82. The van der Waals surface area contributed by atoms with Crippen LogP contribution in [0.3, 0.4) is 0 Å². The highest BCUT2D eigenvalue weighted by molar-refractivity contribution is 7.17. The van der Waals surface area contributed by atoms with Crippen LogP contribution in [-0.2, 0) is 19.4 Å². The van der Waals surface area contributed by atoms with Gasteiger partial charge in [0, 0.05) is 5.69 Å². The molecule has 3 aromatic heterocycles. The second-order valence-electron chi connectivity index (χ2n) is 5.49. The Bertz CT molecular complexity index is 874. The Morgan fingerprint density at radius 3 is 3.10 bits per heavy atom. The predicted octanol–water partition coefficient (Wildman–Crippen LogP) is 2.42. The Hall–Kier alpha value is -1.95. The van der Waals surface area contributed by atoms with Gasteiger partial charge in [-0.15, -0.1) is 11.3 Å². The standard InChI is InChI=1S/C15H16N4OS/c1-9-16-10-4-2-3-5-12(10)19(9)8-13-17-11-6-7-21-14(11)15(20)18-13/h6-7H,2-5,8H2,1H3,(H,17,18,20). The number of aryl methyl sites for hydroxylation is 2. The highest BCUT2D eigenvalue weighted by Gasteiger charge is 2.18. The Kier molecular flexibility index (Phi) is 2.92. The second kappa shape index (κ2) is 4.80. The lowest BCUT2D eigenvalue weighted by atomic mass is 10.0. The predicted molar refractivity (Wildman–Crippen MR) is 82.9 cm³/mol. The van der Waals surface area contributed by atoms with Gasteiger partial charge < -0.3 is 9.55 Å².